The van der Waals surface area contributed by atoms with Gasteiger partial charge < -0.3 is 4.74 Å². The van der Waals surface area contributed by atoms with Gasteiger partial charge in [-0.15, -0.1) is 0 Å². The molecule has 0 aromatic heterocycles. The highest BCUT2D eigenvalue weighted by molar-refractivity contribution is 7.99. The molecule has 112 valence electrons. The van der Waals surface area contributed by atoms with Gasteiger partial charge in [-0.1, -0.05) is 24.3 Å². The highest BCUT2D eigenvalue weighted by Crippen LogP contribution is 2.42. The van der Waals surface area contributed by atoms with E-state index in [9.17, 15) is 4.79 Å². The predicted octanol–water partition coefficient (Wildman–Crippen LogP) is 3.27. The van der Waals surface area contributed by atoms with Gasteiger partial charge in [0.1, 0.15) is 5.78 Å². The zero-order valence-electron chi connectivity index (χ0n) is 12.3. The van der Waals surface area contributed by atoms with E-state index in [-0.39, 0.29) is 17.4 Å². The molecule has 1 aromatic rings. The van der Waals surface area contributed by atoms with Crippen LogP contribution in [-0.4, -0.2) is 29.5 Å². The number of fused-ring (bicyclic) bond motifs is 1. The summed E-state index contributed by atoms with van der Waals surface area (Å²) in [4.78, 5) is 12.9. The molecule has 2 nitrogen and oxygen atoms in total. The zero-order valence-corrected chi connectivity index (χ0v) is 13.2. The molecule has 21 heavy (non-hydrogen) atoms. The molecule has 2 fully saturated rings. The first-order valence-corrected chi connectivity index (χ1v) is 9.23. The van der Waals surface area contributed by atoms with Gasteiger partial charge in [0.25, 0.3) is 0 Å². The molecule has 1 aliphatic carbocycles. The Balaban J connectivity index is 1.46. The number of carbonyl (C=O) groups excluding carboxylic acids is 1. The van der Waals surface area contributed by atoms with Gasteiger partial charge in [0, 0.05) is 24.2 Å². The van der Waals surface area contributed by atoms with Gasteiger partial charge in [0.05, 0.1) is 5.60 Å². The second kappa shape index (κ2) is 5.44. The van der Waals surface area contributed by atoms with Crippen LogP contribution < -0.4 is 0 Å². The molecule has 2 unspecified atom stereocenters. The van der Waals surface area contributed by atoms with Gasteiger partial charge in [-0.05, 0) is 49.0 Å². The van der Waals surface area contributed by atoms with E-state index >= 15 is 0 Å². The number of hydrogen-bond donors (Lipinski definition) is 0. The van der Waals surface area contributed by atoms with Crippen molar-refractivity contribution in [3.63, 3.8) is 0 Å². The minimum Gasteiger partial charge on any atom is -0.374 e. The number of hydrogen-bond acceptors (Lipinski definition) is 3. The average Bonchev–Trinajstić information content (AvgIpc) is 3.13. The van der Waals surface area contributed by atoms with E-state index in [2.05, 4.69) is 24.3 Å². The fourth-order valence-corrected chi connectivity index (χ4v) is 5.61. The monoisotopic (exact) mass is 302 g/mol. The SMILES string of the molecule is O=C(C1Cc2ccccc2C1)C1CCOC2(CCSC2)C1. The van der Waals surface area contributed by atoms with E-state index in [0.717, 1.165) is 44.5 Å². The molecule has 0 amide bonds. The third-order valence-corrected chi connectivity index (χ3v) is 6.64. The molecule has 0 N–H and O–H groups in total. The van der Waals surface area contributed by atoms with Crippen molar-refractivity contribution >= 4 is 17.5 Å². The summed E-state index contributed by atoms with van der Waals surface area (Å²) in [6, 6.07) is 8.54. The normalized spacial score (nSPS) is 32.5. The summed E-state index contributed by atoms with van der Waals surface area (Å²) in [6.07, 6.45) is 4.93. The Hall–Kier alpha value is -0.800. The molecule has 1 aromatic carbocycles. The average molecular weight is 302 g/mol. The number of thioether (sulfide) groups is 1. The molecule has 3 heteroatoms. The third-order valence-electron chi connectivity index (χ3n) is 5.42. The first-order chi connectivity index (χ1) is 10.3. The summed E-state index contributed by atoms with van der Waals surface area (Å²) in [6.45, 7) is 0.774. The summed E-state index contributed by atoms with van der Waals surface area (Å²) in [5, 5.41) is 0. The fraction of sp³-hybridized carbons (Fsp3) is 0.611. The van der Waals surface area contributed by atoms with Gasteiger partial charge >= 0.3 is 0 Å². The molecular weight excluding hydrogens is 280 g/mol. The first kappa shape index (κ1) is 13.8. The Bertz CT molecular complexity index is 523. The Labute approximate surface area is 130 Å². The maximum Gasteiger partial charge on any atom is 0.139 e. The number of rotatable bonds is 2. The van der Waals surface area contributed by atoms with Crippen LogP contribution in [0, 0.1) is 11.8 Å². The van der Waals surface area contributed by atoms with E-state index in [4.69, 9.17) is 4.74 Å². The van der Waals surface area contributed by atoms with Crippen LogP contribution in [0.1, 0.15) is 30.4 Å². The minimum absolute atomic E-state index is 0.0225. The second-order valence-electron chi connectivity index (χ2n) is 6.80. The zero-order chi connectivity index (χ0) is 14.3. The van der Waals surface area contributed by atoms with Gasteiger partial charge in [-0.2, -0.15) is 11.8 Å². The van der Waals surface area contributed by atoms with Gasteiger partial charge in [-0.25, -0.2) is 0 Å². The van der Waals surface area contributed by atoms with Crippen molar-refractivity contribution < 1.29 is 9.53 Å². The van der Waals surface area contributed by atoms with Crippen molar-refractivity contribution in [2.75, 3.05) is 18.1 Å². The van der Waals surface area contributed by atoms with E-state index in [1.807, 2.05) is 11.8 Å². The Kier molecular flexibility index (Phi) is 3.58. The maximum atomic E-state index is 12.9. The number of ether oxygens (including phenoxy) is 1. The summed E-state index contributed by atoms with van der Waals surface area (Å²) in [5.74, 6) is 3.23. The smallest absolute Gasteiger partial charge is 0.139 e. The maximum absolute atomic E-state index is 12.9. The van der Waals surface area contributed by atoms with E-state index in [0.29, 0.717) is 5.78 Å². The number of Topliss-reactive ketones (excluding diaryl/α,β-unsaturated/α-hetero) is 1. The lowest BCUT2D eigenvalue weighted by molar-refractivity contribution is -0.137. The van der Waals surface area contributed by atoms with Gasteiger partial charge in [0.15, 0.2) is 0 Å². The Morgan fingerprint density at radius 1 is 1.19 bits per heavy atom. The molecular formula is C18H22O2S. The van der Waals surface area contributed by atoms with Crippen molar-refractivity contribution in [2.24, 2.45) is 11.8 Å². The highest BCUT2D eigenvalue weighted by Gasteiger charge is 2.44. The summed E-state index contributed by atoms with van der Waals surface area (Å²) in [5.41, 5.74) is 2.79. The molecule has 2 heterocycles. The molecule has 4 rings (SSSR count). The lowest BCUT2D eigenvalue weighted by Crippen LogP contribution is -2.43. The molecule has 2 aliphatic heterocycles. The van der Waals surface area contributed by atoms with Crippen molar-refractivity contribution in [3.05, 3.63) is 35.4 Å². The summed E-state index contributed by atoms with van der Waals surface area (Å²) in [7, 11) is 0. The molecule has 2 saturated heterocycles. The standard InChI is InChI=1S/C18H22O2S/c19-17(16-9-13-3-1-2-4-14(13)10-16)15-5-7-20-18(11-15)6-8-21-12-18/h1-4,15-16H,5-12H2. The summed E-state index contributed by atoms with van der Waals surface area (Å²) >= 11 is 1.98. The molecule has 2 atom stereocenters. The van der Waals surface area contributed by atoms with Gasteiger partial charge in [-0.3, -0.25) is 4.79 Å². The highest BCUT2D eigenvalue weighted by atomic mass is 32.2. The largest absolute Gasteiger partial charge is 0.374 e. The fourth-order valence-electron chi connectivity index (χ4n) is 4.23. The van der Waals surface area contributed by atoms with E-state index in [1.54, 1.807) is 0 Å². The van der Waals surface area contributed by atoms with Crippen molar-refractivity contribution in [3.8, 4) is 0 Å². The van der Waals surface area contributed by atoms with Crippen molar-refractivity contribution in [2.45, 2.75) is 37.7 Å². The van der Waals surface area contributed by atoms with Crippen molar-refractivity contribution in [1.82, 2.24) is 0 Å². The predicted molar refractivity (Wildman–Crippen MR) is 85.7 cm³/mol. The summed E-state index contributed by atoms with van der Waals surface area (Å²) < 4.78 is 6.06. The molecule has 3 aliphatic rings. The van der Waals surface area contributed by atoms with Crippen LogP contribution in [0.3, 0.4) is 0 Å². The van der Waals surface area contributed by atoms with Crippen LogP contribution in [0.25, 0.3) is 0 Å². The quantitative estimate of drug-likeness (QED) is 0.838. The number of ketones is 1. The van der Waals surface area contributed by atoms with Gasteiger partial charge in [0.2, 0.25) is 0 Å². The van der Waals surface area contributed by atoms with Crippen LogP contribution in [0.2, 0.25) is 0 Å². The second-order valence-corrected chi connectivity index (χ2v) is 7.91. The Morgan fingerprint density at radius 3 is 2.62 bits per heavy atom. The third kappa shape index (κ3) is 2.55. The van der Waals surface area contributed by atoms with E-state index in [1.165, 1.54) is 16.9 Å². The lowest BCUT2D eigenvalue weighted by Gasteiger charge is -2.37. The van der Waals surface area contributed by atoms with Crippen LogP contribution in [0.15, 0.2) is 24.3 Å². The van der Waals surface area contributed by atoms with Crippen LogP contribution >= 0.6 is 11.8 Å². The van der Waals surface area contributed by atoms with Crippen LogP contribution in [0.5, 0.6) is 0 Å². The topological polar surface area (TPSA) is 26.3 Å². The van der Waals surface area contributed by atoms with E-state index < -0.39 is 0 Å². The number of benzene rings is 1. The van der Waals surface area contributed by atoms with Crippen molar-refractivity contribution in [1.29, 1.82) is 0 Å². The molecule has 0 saturated carbocycles. The van der Waals surface area contributed by atoms with Crippen LogP contribution in [-0.2, 0) is 22.4 Å². The molecule has 1 spiro atoms. The minimum atomic E-state index is 0.0225. The number of carbonyl (C=O) groups is 1. The molecule has 0 bridgehead atoms. The molecule has 0 radical (unpaired) electrons. The lowest BCUT2D eigenvalue weighted by atomic mass is 9.79. The Morgan fingerprint density at radius 2 is 1.95 bits per heavy atom. The van der Waals surface area contributed by atoms with Crippen LogP contribution in [0.4, 0.5) is 0 Å². The first-order valence-electron chi connectivity index (χ1n) is 8.08.